The van der Waals surface area contributed by atoms with Crippen molar-refractivity contribution in [2.75, 3.05) is 0 Å². The highest BCUT2D eigenvalue weighted by Gasteiger charge is 2.11. The highest BCUT2D eigenvalue weighted by Crippen LogP contribution is 2.15. The number of hydrogen-bond donors (Lipinski definition) is 1. The van der Waals surface area contributed by atoms with Crippen molar-refractivity contribution in [3.63, 3.8) is 0 Å². The van der Waals surface area contributed by atoms with Gasteiger partial charge in [0.1, 0.15) is 6.10 Å². The van der Waals surface area contributed by atoms with Gasteiger partial charge >= 0.3 is 11.9 Å². The maximum absolute atomic E-state index is 12.4. The van der Waals surface area contributed by atoms with Gasteiger partial charge in [0.15, 0.2) is 0 Å². The number of ether oxygens (including phenoxy) is 1. The molecule has 0 aromatic rings. The molecule has 4 nitrogen and oxygen atoms in total. The molecular formula is C34H62O4. The van der Waals surface area contributed by atoms with Gasteiger partial charge in [0.2, 0.25) is 0 Å². The van der Waals surface area contributed by atoms with E-state index in [1.807, 2.05) is 6.08 Å². The van der Waals surface area contributed by atoms with Crippen LogP contribution in [0.15, 0.2) is 24.3 Å². The summed E-state index contributed by atoms with van der Waals surface area (Å²) >= 11 is 0. The zero-order valence-electron chi connectivity index (χ0n) is 25.2. The lowest BCUT2D eigenvalue weighted by Gasteiger charge is -2.14. The lowest BCUT2D eigenvalue weighted by atomic mass is 10.0. The van der Waals surface area contributed by atoms with Gasteiger partial charge in [-0.1, -0.05) is 141 Å². The fraction of sp³-hybridized carbons (Fsp3) is 0.824. The summed E-state index contributed by atoms with van der Waals surface area (Å²) in [6.07, 6.45) is 36.4. The molecule has 0 bridgehead atoms. The zero-order valence-corrected chi connectivity index (χ0v) is 25.2. The standard InChI is InChI=1S/C34H62O4/c1-3-5-7-9-11-12-13-14-15-16-17-18-19-21-27-31-34(37)38-32(28-24-20-10-8-6-4-2)29-25-22-23-26-30-33(35)36/h8,10,24,28,32H,3-7,9,11-23,25-27,29-31H2,1-2H3,(H,35,36)/b10-8-,28-24-. The quantitative estimate of drug-likeness (QED) is 0.0589. The predicted octanol–water partition coefficient (Wildman–Crippen LogP) is 10.9. The van der Waals surface area contributed by atoms with Crippen LogP contribution in [0.4, 0.5) is 0 Å². The van der Waals surface area contributed by atoms with Gasteiger partial charge in [-0.3, -0.25) is 9.59 Å². The molecule has 0 heterocycles. The molecule has 0 saturated carbocycles. The molecule has 4 heteroatoms. The lowest BCUT2D eigenvalue weighted by molar-refractivity contribution is -0.147. The van der Waals surface area contributed by atoms with Crippen molar-refractivity contribution in [3.05, 3.63) is 24.3 Å². The van der Waals surface area contributed by atoms with Gasteiger partial charge in [-0.25, -0.2) is 0 Å². The monoisotopic (exact) mass is 534 g/mol. The average Bonchev–Trinajstić information content (AvgIpc) is 2.89. The van der Waals surface area contributed by atoms with Gasteiger partial charge in [-0.05, 0) is 44.6 Å². The number of carbonyl (C=O) groups excluding carboxylic acids is 1. The summed E-state index contributed by atoms with van der Waals surface area (Å²) in [5, 5.41) is 8.76. The Balaban J connectivity index is 3.92. The first-order valence-electron chi connectivity index (χ1n) is 16.3. The predicted molar refractivity (Wildman–Crippen MR) is 163 cm³/mol. The first kappa shape index (κ1) is 36.4. The third kappa shape index (κ3) is 29.0. The summed E-state index contributed by atoms with van der Waals surface area (Å²) in [6.45, 7) is 4.45. The SMILES string of the molecule is CCC/C=C\C/C=C\C(CCCCCCC(=O)O)OC(=O)CCCCCCCCCCCCCCCCC. The van der Waals surface area contributed by atoms with Gasteiger partial charge in [0.25, 0.3) is 0 Å². The highest BCUT2D eigenvalue weighted by atomic mass is 16.5. The molecule has 0 saturated heterocycles. The number of allylic oxidation sites excluding steroid dienone is 3. The van der Waals surface area contributed by atoms with E-state index in [1.165, 1.54) is 83.5 Å². The fourth-order valence-corrected chi connectivity index (χ4v) is 4.73. The Kier molecular flexibility index (Phi) is 28.7. The maximum atomic E-state index is 12.4. The number of carboxylic acids is 1. The van der Waals surface area contributed by atoms with Crippen LogP contribution in [0.1, 0.15) is 174 Å². The number of aliphatic carboxylic acids is 1. The molecule has 0 radical (unpaired) electrons. The van der Waals surface area contributed by atoms with E-state index in [2.05, 4.69) is 32.1 Å². The summed E-state index contributed by atoms with van der Waals surface area (Å²) in [5.74, 6) is -0.809. The molecule has 0 spiro atoms. The minimum atomic E-state index is -0.727. The van der Waals surface area contributed by atoms with Gasteiger partial charge < -0.3 is 9.84 Å². The van der Waals surface area contributed by atoms with Crippen LogP contribution in [0, 0.1) is 0 Å². The minimum Gasteiger partial charge on any atom is -0.481 e. The summed E-state index contributed by atoms with van der Waals surface area (Å²) in [7, 11) is 0. The first-order chi connectivity index (χ1) is 18.6. The second-order valence-electron chi connectivity index (χ2n) is 11.0. The molecule has 0 fully saturated rings. The van der Waals surface area contributed by atoms with Crippen molar-refractivity contribution in [2.45, 2.75) is 180 Å². The highest BCUT2D eigenvalue weighted by molar-refractivity contribution is 5.69. The molecule has 222 valence electrons. The van der Waals surface area contributed by atoms with E-state index >= 15 is 0 Å². The number of rotatable bonds is 29. The molecule has 38 heavy (non-hydrogen) atoms. The third-order valence-corrected chi connectivity index (χ3v) is 7.14. The largest absolute Gasteiger partial charge is 0.481 e. The molecule has 0 aromatic carbocycles. The number of carbonyl (C=O) groups is 2. The fourth-order valence-electron chi connectivity index (χ4n) is 4.73. The van der Waals surface area contributed by atoms with Gasteiger partial charge in [-0.2, -0.15) is 0 Å². The molecule has 1 unspecified atom stereocenters. The van der Waals surface area contributed by atoms with E-state index in [0.29, 0.717) is 6.42 Å². The number of unbranched alkanes of at least 4 members (excludes halogenated alkanes) is 18. The second kappa shape index (κ2) is 30.0. The molecular weight excluding hydrogens is 472 g/mol. The van der Waals surface area contributed by atoms with Crippen LogP contribution in [0.2, 0.25) is 0 Å². The van der Waals surface area contributed by atoms with Crippen LogP contribution in [0.5, 0.6) is 0 Å². The Hall–Kier alpha value is -1.58. The molecule has 0 rings (SSSR count). The summed E-state index contributed by atoms with van der Waals surface area (Å²) in [5.41, 5.74) is 0. The van der Waals surface area contributed by atoms with E-state index in [4.69, 9.17) is 9.84 Å². The topological polar surface area (TPSA) is 63.6 Å². The van der Waals surface area contributed by atoms with Crippen LogP contribution < -0.4 is 0 Å². The number of hydrogen-bond acceptors (Lipinski definition) is 3. The normalized spacial score (nSPS) is 12.5. The van der Waals surface area contributed by atoms with Crippen molar-refractivity contribution in [3.8, 4) is 0 Å². The third-order valence-electron chi connectivity index (χ3n) is 7.14. The van der Waals surface area contributed by atoms with Crippen molar-refractivity contribution in [1.29, 1.82) is 0 Å². The van der Waals surface area contributed by atoms with Crippen molar-refractivity contribution >= 4 is 11.9 Å². The van der Waals surface area contributed by atoms with Gasteiger partial charge in [-0.15, -0.1) is 0 Å². The Bertz CT molecular complexity index is 581. The first-order valence-corrected chi connectivity index (χ1v) is 16.3. The maximum Gasteiger partial charge on any atom is 0.306 e. The van der Waals surface area contributed by atoms with E-state index in [9.17, 15) is 9.59 Å². The van der Waals surface area contributed by atoms with Crippen LogP contribution in [0.25, 0.3) is 0 Å². The van der Waals surface area contributed by atoms with E-state index in [1.54, 1.807) is 0 Å². The van der Waals surface area contributed by atoms with Crippen molar-refractivity contribution in [1.82, 2.24) is 0 Å². The second-order valence-corrected chi connectivity index (χ2v) is 11.0. The van der Waals surface area contributed by atoms with Gasteiger partial charge in [0.05, 0.1) is 0 Å². The lowest BCUT2D eigenvalue weighted by Crippen LogP contribution is -2.16. The van der Waals surface area contributed by atoms with Gasteiger partial charge in [0, 0.05) is 12.8 Å². The Morgan fingerprint density at radius 2 is 1.11 bits per heavy atom. The van der Waals surface area contributed by atoms with Crippen molar-refractivity contribution in [2.24, 2.45) is 0 Å². The number of esters is 1. The number of carboxylic acid groups (broad SMARTS) is 1. The van der Waals surface area contributed by atoms with E-state index < -0.39 is 5.97 Å². The summed E-state index contributed by atoms with van der Waals surface area (Å²) in [4.78, 5) is 23.1. The summed E-state index contributed by atoms with van der Waals surface area (Å²) < 4.78 is 5.80. The Morgan fingerprint density at radius 1 is 0.605 bits per heavy atom. The Morgan fingerprint density at radius 3 is 1.63 bits per heavy atom. The smallest absolute Gasteiger partial charge is 0.306 e. The van der Waals surface area contributed by atoms with Crippen LogP contribution >= 0.6 is 0 Å². The van der Waals surface area contributed by atoms with Crippen LogP contribution in [-0.2, 0) is 14.3 Å². The van der Waals surface area contributed by atoms with Crippen LogP contribution in [-0.4, -0.2) is 23.1 Å². The Labute approximate surface area is 236 Å². The molecule has 0 aliphatic rings. The minimum absolute atomic E-state index is 0.0817. The molecule has 0 aliphatic heterocycles. The summed E-state index contributed by atoms with van der Waals surface area (Å²) in [6, 6.07) is 0. The average molecular weight is 535 g/mol. The van der Waals surface area contributed by atoms with Crippen molar-refractivity contribution < 1.29 is 19.4 Å². The molecule has 0 amide bonds. The van der Waals surface area contributed by atoms with E-state index in [0.717, 1.165) is 64.2 Å². The molecule has 0 aromatic heterocycles. The molecule has 0 aliphatic carbocycles. The zero-order chi connectivity index (χ0) is 27.9. The van der Waals surface area contributed by atoms with Crippen LogP contribution in [0.3, 0.4) is 0 Å². The van der Waals surface area contributed by atoms with E-state index in [-0.39, 0.29) is 18.5 Å². The molecule has 1 N–H and O–H groups in total. The molecule has 1 atom stereocenters.